The van der Waals surface area contributed by atoms with Crippen LogP contribution in [0, 0.1) is 33.1 Å². The van der Waals surface area contributed by atoms with Crippen LogP contribution in [0.2, 0.25) is 0 Å². The Balaban J connectivity index is 0.752. The summed E-state index contributed by atoms with van der Waals surface area (Å²) in [5.74, 6) is -1.63. The average molecular weight is 987 g/mol. The summed E-state index contributed by atoms with van der Waals surface area (Å²) in [5, 5.41) is 27.9. The molecule has 7 rings (SSSR count). The maximum absolute atomic E-state index is 14.1. The van der Waals surface area contributed by atoms with Crippen molar-refractivity contribution in [3.63, 3.8) is 0 Å². The lowest BCUT2D eigenvalue weighted by Crippen LogP contribution is -2.58. The van der Waals surface area contributed by atoms with E-state index in [2.05, 4.69) is 25.4 Å². The number of aryl methyl sites for hydroxylation is 4. The topological polar surface area (TPSA) is 192 Å². The Morgan fingerprint density at radius 2 is 1.54 bits per heavy atom. The van der Waals surface area contributed by atoms with Crippen LogP contribution in [0.3, 0.4) is 0 Å². The lowest BCUT2D eigenvalue weighted by Gasteiger charge is -2.37. The number of ether oxygens (including phenoxy) is 4. The number of amides is 3. The minimum atomic E-state index is -0.967. The number of aromatic nitrogens is 1. The van der Waals surface area contributed by atoms with Crippen molar-refractivity contribution in [2.75, 3.05) is 78.8 Å². The van der Waals surface area contributed by atoms with Crippen LogP contribution < -0.4 is 10.6 Å². The summed E-state index contributed by atoms with van der Waals surface area (Å²) in [7, 11) is 0. The molecule has 70 heavy (non-hydrogen) atoms. The van der Waals surface area contributed by atoms with Crippen LogP contribution in [0.1, 0.15) is 99.4 Å². The van der Waals surface area contributed by atoms with E-state index in [0.717, 1.165) is 83.2 Å². The van der Waals surface area contributed by atoms with Crippen molar-refractivity contribution in [3.05, 3.63) is 81.2 Å². The number of β-amino-alcohol motifs (C(OH)–C–C–N with tert-alkyl or cyclic N) is 1. The molecule has 382 valence electrons. The summed E-state index contributed by atoms with van der Waals surface area (Å²) in [6.45, 7) is 22.1. The van der Waals surface area contributed by atoms with Crippen LogP contribution in [-0.4, -0.2) is 162 Å². The Labute approximate surface area is 417 Å². The number of esters is 1. The van der Waals surface area contributed by atoms with Crippen molar-refractivity contribution in [3.8, 4) is 10.4 Å². The highest BCUT2D eigenvalue weighted by atomic mass is 32.1. The Hall–Kier alpha value is -4.75. The second-order valence-corrected chi connectivity index (χ2v) is 21.5. The van der Waals surface area contributed by atoms with Crippen molar-refractivity contribution in [2.45, 2.75) is 123 Å². The zero-order valence-electron chi connectivity index (χ0n) is 42.3. The van der Waals surface area contributed by atoms with Crippen molar-refractivity contribution in [1.29, 1.82) is 0 Å². The van der Waals surface area contributed by atoms with Crippen LogP contribution in [0.25, 0.3) is 16.0 Å². The summed E-state index contributed by atoms with van der Waals surface area (Å²) >= 11 is 1.58. The highest BCUT2D eigenvalue weighted by Crippen LogP contribution is 2.47. The third-order valence-corrected chi connectivity index (χ3v) is 15.2. The van der Waals surface area contributed by atoms with Gasteiger partial charge in [-0.1, -0.05) is 62.7 Å². The number of aliphatic hydroxyl groups excluding tert-OH is 2. The van der Waals surface area contributed by atoms with Crippen LogP contribution >= 0.6 is 11.3 Å². The summed E-state index contributed by atoms with van der Waals surface area (Å²) in [6.07, 6.45) is 1.78. The minimum absolute atomic E-state index is 0.0120. The lowest BCUT2D eigenvalue weighted by atomic mass is 9.80. The molecule has 2 saturated heterocycles. The lowest BCUT2D eigenvalue weighted by molar-refractivity contribution is -0.152. The summed E-state index contributed by atoms with van der Waals surface area (Å²) in [6, 6.07) is 9.81. The molecule has 3 amide bonds. The van der Waals surface area contributed by atoms with Crippen LogP contribution in [0.4, 0.5) is 0 Å². The van der Waals surface area contributed by atoms with Crippen molar-refractivity contribution in [2.24, 2.45) is 5.41 Å². The molecule has 4 N–H and O–H groups in total. The van der Waals surface area contributed by atoms with Gasteiger partial charge in [0.05, 0.1) is 60.8 Å². The normalized spacial score (nSPS) is 23.2. The number of likely N-dealkylation sites (tertiary alicyclic amines) is 1. The maximum atomic E-state index is 14.1. The Morgan fingerprint density at radius 1 is 0.914 bits per heavy atom. The first-order valence-electron chi connectivity index (χ1n) is 24.9. The van der Waals surface area contributed by atoms with Gasteiger partial charge in [-0.2, -0.15) is 0 Å². The van der Waals surface area contributed by atoms with Crippen LogP contribution in [-0.2, 0) is 38.1 Å². The van der Waals surface area contributed by atoms with Gasteiger partial charge in [0.1, 0.15) is 24.3 Å². The van der Waals surface area contributed by atoms with Gasteiger partial charge in [-0.15, -0.1) is 11.3 Å². The number of hydrogen-bond acceptors (Lipinski definition) is 14. The van der Waals surface area contributed by atoms with Gasteiger partial charge in [-0.3, -0.25) is 24.2 Å². The van der Waals surface area contributed by atoms with Gasteiger partial charge in [-0.05, 0) is 93.5 Å². The molecule has 4 atom stereocenters. The first kappa shape index (κ1) is 53.1. The summed E-state index contributed by atoms with van der Waals surface area (Å²) in [4.78, 5) is 65.5. The third kappa shape index (κ3) is 12.8. The second kappa shape index (κ2) is 23.2. The molecular formula is C53H74N6O10S. The molecule has 4 heterocycles. The maximum Gasteiger partial charge on any atom is 0.343 e. The van der Waals surface area contributed by atoms with Gasteiger partial charge in [0, 0.05) is 52.2 Å². The number of hydrogen-bond donors (Lipinski definition) is 4. The van der Waals surface area contributed by atoms with E-state index in [-0.39, 0.29) is 50.0 Å². The smallest absolute Gasteiger partial charge is 0.343 e. The molecule has 1 spiro atoms. The fraction of sp³-hybridized carbons (Fsp3) is 0.604. The number of benzene rings is 2. The van der Waals surface area contributed by atoms with Crippen LogP contribution in [0.5, 0.6) is 0 Å². The van der Waals surface area contributed by atoms with Gasteiger partial charge in [0.15, 0.2) is 11.4 Å². The van der Waals surface area contributed by atoms with Crippen molar-refractivity contribution >= 4 is 40.6 Å². The van der Waals surface area contributed by atoms with E-state index in [1.54, 1.807) is 11.3 Å². The number of rotatable bonds is 19. The fourth-order valence-electron chi connectivity index (χ4n) is 10.3. The predicted molar refractivity (Wildman–Crippen MR) is 268 cm³/mol. The second-order valence-electron chi connectivity index (χ2n) is 20.7. The van der Waals surface area contributed by atoms with E-state index in [0.29, 0.717) is 51.1 Å². The van der Waals surface area contributed by atoms with Crippen LogP contribution in [0.15, 0.2) is 47.7 Å². The zero-order valence-corrected chi connectivity index (χ0v) is 43.1. The highest BCUT2D eigenvalue weighted by molar-refractivity contribution is 7.13. The van der Waals surface area contributed by atoms with Gasteiger partial charge in [0.25, 0.3) is 0 Å². The van der Waals surface area contributed by atoms with Crippen molar-refractivity contribution in [1.82, 2.24) is 30.3 Å². The van der Waals surface area contributed by atoms with Gasteiger partial charge >= 0.3 is 5.97 Å². The largest absolute Gasteiger partial charge is 0.507 e. The number of nitrogens with one attached hydrogen (secondary N) is 2. The molecule has 0 bridgehead atoms. The predicted octanol–water partition coefficient (Wildman–Crippen LogP) is 5.59. The zero-order chi connectivity index (χ0) is 50.3. The average Bonchev–Trinajstić information content (AvgIpc) is 4.00. The van der Waals surface area contributed by atoms with E-state index in [1.807, 2.05) is 97.3 Å². The molecule has 1 aromatic heterocycles. The number of carbonyl (C=O) groups excluding carboxylic acids is 4. The molecule has 3 aromatic rings. The number of thiazole rings is 1. The molecule has 16 nitrogen and oxygen atoms in total. The summed E-state index contributed by atoms with van der Waals surface area (Å²) in [5.41, 5.74) is 7.19. The molecule has 4 aliphatic rings. The van der Waals surface area contributed by atoms with E-state index >= 15 is 0 Å². The van der Waals surface area contributed by atoms with Crippen molar-refractivity contribution < 1.29 is 48.3 Å². The first-order chi connectivity index (χ1) is 33.3. The Kier molecular flexibility index (Phi) is 17.6. The number of nitrogens with zero attached hydrogens (tertiary/aromatic N) is 4. The molecule has 1 aliphatic carbocycles. The fourth-order valence-corrected chi connectivity index (χ4v) is 11.2. The minimum Gasteiger partial charge on any atom is -0.507 e. The van der Waals surface area contributed by atoms with E-state index in [9.17, 15) is 29.4 Å². The number of carbonyl (C=O) groups is 4. The Bertz CT molecular complexity index is 2320. The molecule has 1 saturated carbocycles. The van der Waals surface area contributed by atoms with Gasteiger partial charge < -0.3 is 44.7 Å². The first-order valence-corrected chi connectivity index (χ1v) is 25.8. The molecule has 0 unspecified atom stereocenters. The van der Waals surface area contributed by atoms with E-state index in [4.69, 9.17) is 18.9 Å². The molecule has 3 aliphatic heterocycles. The number of piperazine rings is 1. The standard InChI is InChI=1S/C53H74N6O10S/c1-33-27-34(2)44(35(3)28-33)45-48(62)53(69-51(45)65)15-13-41(14-16-53)68-24-22-58-19-17-57(18-20-58)21-23-66-25-26-67-31-43(61)56-47(52(6,7)8)50(64)59-30-40(60)29-42(59)49(63)55-36(4)38-9-11-39(12-10-38)46-37(5)54-32-70-46/h9-12,27-28,32,36,40-42,47,60,62H,13-26,29-31H2,1-8H3,(H,55,63)(H,56,61)/t36-,40+,41?,42-,47+,53?/m0/s1. The molecule has 0 radical (unpaired) electrons. The quantitative estimate of drug-likeness (QED) is 0.0860. The van der Waals surface area contributed by atoms with Gasteiger partial charge in [0.2, 0.25) is 17.7 Å². The summed E-state index contributed by atoms with van der Waals surface area (Å²) < 4.78 is 23.7. The third-order valence-electron chi connectivity index (χ3n) is 14.3. The SMILES string of the molecule is Cc1cc(C)c(C2=C(O)C3(CCC(OCCN4CCN(CCOCCOCC(=O)N[C@H](C(=O)N5C[C@H](O)C[C@H]5C(=O)N[C@@H](C)c5ccc(-c6scnc6C)cc5)C(C)(C)C)CC4)CC3)OC2=O)c(C)c1. The van der Waals surface area contributed by atoms with E-state index < -0.39 is 47.0 Å². The highest BCUT2D eigenvalue weighted by Gasteiger charge is 2.51. The number of aliphatic hydroxyl groups is 2. The molecule has 17 heteroatoms. The molecular weight excluding hydrogens is 913 g/mol. The van der Waals surface area contributed by atoms with E-state index in [1.165, 1.54) is 4.90 Å². The monoisotopic (exact) mass is 987 g/mol. The molecule has 2 aromatic carbocycles. The van der Waals surface area contributed by atoms with Gasteiger partial charge in [-0.25, -0.2) is 9.78 Å². The Morgan fingerprint density at radius 3 is 2.16 bits per heavy atom. The molecule has 3 fully saturated rings.